The molecule has 2 aromatic heterocycles. The van der Waals surface area contributed by atoms with Crippen molar-refractivity contribution in [3.8, 4) is 0 Å². The number of carbonyl (C=O) groups is 1. The molecule has 31 heavy (non-hydrogen) atoms. The highest BCUT2D eigenvalue weighted by atomic mass is 16.2. The number of nitrogens with zero attached hydrogens (tertiary/aromatic N) is 5. The molecule has 0 radical (unpaired) electrons. The lowest BCUT2D eigenvalue weighted by Gasteiger charge is -2.32. The maximum atomic E-state index is 13.3. The molecule has 8 nitrogen and oxygen atoms in total. The Morgan fingerprint density at radius 1 is 1.10 bits per heavy atom. The summed E-state index contributed by atoms with van der Waals surface area (Å²) in [5.41, 5.74) is 3.39. The fourth-order valence-electron chi connectivity index (χ4n) is 5.04. The highest BCUT2D eigenvalue weighted by Crippen LogP contribution is 2.33. The summed E-state index contributed by atoms with van der Waals surface area (Å²) < 4.78 is 0. The summed E-state index contributed by atoms with van der Waals surface area (Å²) in [4.78, 5) is 35.1. The maximum absolute atomic E-state index is 13.3. The molecule has 2 aliphatic heterocycles. The minimum absolute atomic E-state index is 0.137. The van der Waals surface area contributed by atoms with E-state index in [0.717, 1.165) is 81.8 Å². The molecule has 1 unspecified atom stereocenters. The average molecular weight is 424 g/mol. The van der Waals surface area contributed by atoms with E-state index in [2.05, 4.69) is 38.9 Å². The Morgan fingerprint density at radius 2 is 1.94 bits per heavy atom. The number of nitrogens with one attached hydrogen (secondary N) is 2. The Hall–Kier alpha value is -2.64. The Bertz CT molecular complexity index is 947. The molecule has 2 saturated heterocycles. The lowest BCUT2D eigenvalue weighted by molar-refractivity contribution is -0.133. The largest absolute Gasteiger partial charge is 0.341 e. The van der Waals surface area contributed by atoms with Gasteiger partial charge in [0.15, 0.2) is 0 Å². The van der Waals surface area contributed by atoms with Gasteiger partial charge in [-0.05, 0) is 57.3 Å². The average Bonchev–Trinajstić information content (AvgIpc) is 3.53. The maximum Gasteiger partial charge on any atom is 0.245 e. The zero-order valence-corrected chi connectivity index (χ0v) is 18.7. The third-order valence-corrected chi connectivity index (χ3v) is 6.84. The van der Waals surface area contributed by atoms with E-state index in [9.17, 15) is 4.79 Å². The van der Waals surface area contributed by atoms with Crippen LogP contribution in [0.15, 0.2) is 6.20 Å². The second-order valence-electron chi connectivity index (χ2n) is 9.36. The van der Waals surface area contributed by atoms with Gasteiger partial charge < -0.3 is 20.1 Å². The van der Waals surface area contributed by atoms with E-state index in [1.807, 2.05) is 6.20 Å². The van der Waals surface area contributed by atoms with Gasteiger partial charge in [-0.1, -0.05) is 13.8 Å². The molecule has 0 spiro atoms. The topological polar surface area (TPSA) is 90.0 Å². The third kappa shape index (κ3) is 4.00. The zero-order chi connectivity index (χ0) is 21.4. The quantitative estimate of drug-likeness (QED) is 0.765. The number of piperidine rings is 1. The van der Waals surface area contributed by atoms with Crippen LogP contribution in [0.3, 0.4) is 0 Å². The molecule has 1 amide bonds. The number of H-pyrrole nitrogens is 1. The van der Waals surface area contributed by atoms with Crippen LogP contribution in [0.5, 0.6) is 0 Å². The van der Waals surface area contributed by atoms with Crippen LogP contribution in [-0.4, -0.2) is 56.4 Å². The first-order chi connectivity index (χ1) is 15.1. The second-order valence-corrected chi connectivity index (χ2v) is 9.36. The standard InChI is InChI=1S/C23H33N7O/c1-15(2)18-14-24-22(25-18)27-20-16-8-6-9-17(16)26-23(28-20)30-13-7-10-19(30)21(31)29-11-4-3-5-12-29/h14-15,19H,3-13H2,1-2H3,(H2,24,25,26,27,28). The van der Waals surface area contributed by atoms with Crippen LogP contribution >= 0.6 is 0 Å². The molecule has 1 aliphatic carbocycles. The van der Waals surface area contributed by atoms with E-state index < -0.39 is 0 Å². The predicted molar refractivity (Wildman–Crippen MR) is 121 cm³/mol. The van der Waals surface area contributed by atoms with Crippen molar-refractivity contribution in [2.75, 3.05) is 29.9 Å². The normalized spacial score (nSPS) is 21.1. The molecule has 2 aromatic rings. The van der Waals surface area contributed by atoms with Crippen LogP contribution in [-0.2, 0) is 17.6 Å². The van der Waals surface area contributed by atoms with Crippen LogP contribution in [0, 0.1) is 0 Å². The Balaban J connectivity index is 1.42. The number of aromatic nitrogens is 4. The number of hydrogen-bond donors (Lipinski definition) is 2. The molecule has 0 bridgehead atoms. The van der Waals surface area contributed by atoms with E-state index in [1.165, 1.54) is 12.0 Å². The Kier molecular flexibility index (Phi) is 5.54. The van der Waals surface area contributed by atoms with Crippen molar-refractivity contribution in [2.45, 2.75) is 77.2 Å². The number of likely N-dealkylation sites (tertiary alicyclic amines) is 1. The van der Waals surface area contributed by atoms with Gasteiger partial charge in [0, 0.05) is 30.9 Å². The second kappa shape index (κ2) is 8.48. The smallest absolute Gasteiger partial charge is 0.245 e. The van der Waals surface area contributed by atoms with E-state index in [4.69, 9.17) is 9.97 Å². The van der Waals surface area contributed by atoms with Gasteiger partial charge in [0.2, 0.25) is 17.8 Å². The summed E-state index contributed by atoms with van der Waals surface area (Å²) in [6.45, 7) is 6.89. The minimum Gasteiger partial charge on any atom is -0.341 e. The van der Waals surface area contributed by atoms with E-state index in [1.54, 1.807) is 0 Å². The van der Waals surface area contributed by atoms with Gasteiger partial charge in [0.05, 0.1) is 11.9 Å². The van der Waals surface area contributed by atoms with E-state index in [-0.39, 0.29) is 11.9 Å². The minimum atomic E-state index is -0.137. The molecule has 1 atom stereocenters. The van der Waals surface area contributed by atoms with Gasteiger partial charge in [0.25, 0.3) is 0 Å². The van der Waals surface area contributed by atoms with Crippen molar-refractivity contribution < 1.29 is 4.79 Å². The fraction of sp³-hybridized carbons (Fsp3) is 0.652. The Morgan fingerprint density at radius 3 is 2.71 bits per heavy atom. The van der Waals surface area contributed by atoms with Gasteiger partial charge >= 0.3 is 0 Å². The number of hydrogen-bond acceptors (Lipinski definition) is 6. The number of amides is 1. The Labute approximate surface area is 183 Å². The molecule has 166 valence electrons. The van der Waals surface area contributed by atoms with E-state index >= 15 is 0 Å². The van der Waals surface area contributed by atoms with Gasteiger partial charge in [0.1, 0.15) is 11.9 Å². The summed E-state index contributed by atoms with van der Waals surface area (Å²) in [6.07, 6.45) is 10.3. The number of aromatic amines is 1. The fourth-order valence-corrected chi connectivity index (χ4v) is 5.04. The van der Waals surface area contributed by atoms with Crippen LogP contribution in [0.4, 0.5) is 17.7 Å². The first-order valence-corrected chi connectivity index (χ1v) is 11.9. The van der Waals surface area contributed by atoms with Gasteiger partial charge in [-0.15, -0.1) is 0 Å². The molecule has 2 N–H and O–H groups in total. The lowest BCUT2D eigenvalue weighted by atomic mass is 10.1. The lowest BCUT2D eigenvalue weighted by Crippen LogP contribution is -2.48. The summed E-state index contributed by atoms with van der Waals surface area (Å²) in [5.74, 6) is 2.87. The highest BCUT2D eigenvalue weighted by Gasteiger charge is 2.36. The molecule has 3 aliphatic rings. The van der Waals surface area contributed by atoms with E-state index in [0.29, 0.717) is 17.8 Å². The summed E-state index contributed by atoms with van der Waals surface area (Å²) in [7, 11) is 0. The van der Waals surface area contributed by atoms with Crippen molar-refractivity contribution in [3.63, 3.8) is 0 Å². The zero-order valence-electron chi connectivity index (χ0n) is 18.7. The summed E-state index contributed by atoms with van der Waals surface area (Å²) >= 11 is 0. The number of fused-ring (bicyclic) bond motifs is 1. The van der Waals surface area contributed by atoms with Crippen molar-refractivity contribution in [3.05, 3.63) is 23.1 Å². The number of anilines is 3. The van der Waals surface area contributed by atoms with Gasteiger partial charge in [-0.25, -0.2) is 9.97 Å². The molecule has 0 saturated carbocycles. The SMILES string of the molecule is CC(C)c1cnc(Nc2nc(N3CCCC3C(=O)N3CCCCC3)nc3c2CCC3)[nH]1. The molecule has 5 rings (SSSR count). The third-order valence-electron chi connectivity index (χ3n) is 6.84. The monoisotopic (exact) mass is 423 g/mol. The number of rotatable bonds is 5. The van der Waals surface area contributed by atoms with Crippen LogP contribution in [0.25, 0.3) is 0 Å². The van der Waals surface area contributed by atoms with Crippen molar-refractivity contribution in [1.82, 2.24) is 24.8 Å². The van der Waals surface area contributed by atoms with Crippen molar-refractivity contribution in [2.24, 2.45) is 0 Å². The molecule has 8 heteroatoms. The van der Waals surface area contributed by atoms with Crippen molar-refractivity contribution >= 4 is 23.6 Å². The van der Waals surface area contributed by atoms with Gasteiger partial charge in [-0.2, -0.15) is 4.98 Å². The van der Waals surface area contributed by atoms with Crippen LogP contribution in [0.1, 0.15) is 75.2 Å². The first-order valence-electron chi connectivity index (χ1n) is 11.9. The van der Waals surface area contributed by atoms with Crippen LogP contribution < -0.4 is 10.2 Å². The first kappa shape index (κ1) is 20.3. The summed E-state index contributed by atoms with van der Waals surface area (Å²) in [5, 5.41) is 3.41. The van der Waals surface area contributed by atoms with Crippen LogP contribution in [0.2, 0.25) is 0 Å². The number of aryl methyl sites for hydroxylation is 1. The number of imidazole rings is 1. The highest BCUT2D eigenvalue weighted by molar-refractivity contribution is 5.85. The molecular weight excluding hydrogens is 390 g/mol. The molecule has 0 aromatic carbocycles. The van der Waals surface area contributed by atoms with Gasteiger partial charge in [-0.3, -0.25) is 4.79 Å². The predicted octanol–water partition coefficient (Wildman–Crippen LogP) is 3.54. The molecule has 2 fully saturated rings. The van der Waals surface area contributed by atoms with Crippen molar-refractivity contribution in [1.29, 1.82) is 0 Å². The number of carbonyl (C=O) groups excluding carboxylic acids is 1. The molecular formula is C23H33N7O. The molecule has 4 heterocycles. The summed E-state index contributed by atoms with van der Waals surface area (Å²) in [6, 6.07) is -0.137.